The standard InChI is InChI=1S/C17H25NO3/c1-12-11-14(13-5-7-15(19)8-6-13)9-10-18(12)16(20)21-17(2,3)4/h5-8,12,14,19H,9-11H2,1-4H3. The van der Waals surface area contributed by atoms with E-state index < -0.39 is 5.60 Å². The molecule has 0 aromatic heterocycles. The summed E-state index contributed by atoms with van der Waals surface area (Å²) in [4.78, 5) is 14.0. The molecular formula is C17H25NO3. The molecule has 1 amide bonds. The van der Waals surface area contributed by atoms with Crippen LogP contribution in [0.5, 0.6) is 5.75 Å². The first-order chi connectivity index (χ1) is 9.76. The van der Waals surface area contributed by atoms with E-state index in [9.17, 15) is 9.90 Å². The van der Waals surface area contributed by atoms with E-state index in [1.807, 2.05) is 37.8 Å². The van der Waals surface area contributed by atoms with Gasteiger partial charge in [-0.25, -0.2) is 4.79 Å². The number of benzene rings is 1. The van der Waals surface area contributed by atoms with Crippen LogP contribution in [0.15, 0.2) is 24.3 Å². The number of piperidine rings is 1. The number of carbonyl (C=O) groups is 1. The average molecular weight is 291 g/mol. The average Bonchev–Trinajstić information content (AvgIpc) is 2.37. The fraction of sp³-hybridized carbons (Fsp3) is 0.588. The Balaban J connectivity index is 1.99. The van der Waals surface area contributed by atoms with E-state index in [4.69, 9.17) is 4.74 Å². The molecule has 1 aliphatic heterocycles. The first kappa shape index (κ1) is 15.7. The fourth-order valence-corrected chi connectivity index (χ4v) is 2.81. The number of nitrogens with zero attached hydrogens (tertiary/aromatic N) is 1. The number of rotatable bonds is 1. The van der Waals surface area contributed by atoms with E-state index in [1.54, 1.807) is 12.1 Å². The van der Waals surface area contributed by atoms with E-state index in [1.165, 1.54) is 5.56 Å². The van der Waals surface area contributed by atoms with E-state index in [0.29, 0.717) is 12.5 Å². The quantitative estimate of drug-likeness (QED) is 0.854. The molecule has 0 radical (unpaired) electrons. The lowest BCUT2D eigenvalue weighted by Gasteiger charge is -2.38. The number of aromatic hydroxyl groups is 1. The van der Waals surface area contributed by atoms with E-state index >= 15 is 0 Å². The Labute approximate surface area is 126 Å². The molecule has 2 rings (SSSR count). The highest BCUT2D eigenvalue weighted by molar-refractivity contribution is 5.68. The normalized spacial score (nSPS) is 23.0. The Morgan fingerprint density at radius 3 is 2.43 bits per heavy atom. The lowest BCUT2D eigenvalue weighted by Crippen LogP contribution is -2.46. The number of amides is 1. The molecule has 1 fully saturated rings. The summed E-state index contributed by atoms with van der Waals surface area (Å²) in [5.74, 6) is 0.720. The Morgan fingerprint density at radius 2 is 1.90 bits per heavy atom. The minimum absolute atomic E-state index is 0.160. The van der Waals surface area contributed by atoms with Gasteiger partial charge >= 0.3 is 6.09 Å². The smallest absolute Gasteiger partial charge is 0.410 e. The summed E-state index contributed by atoms with van der Waals surface area (Å²) < 4.78 is 5.46. The highest BCUT2D eigenvalue weighted by Crippen LogP contribution is 2.32. The minimum atomic E-state index is -0.454. The predicted octanol–water partition coefficient (Wildman–Crippen LogP) is 3.90. The molecule has 2 atom stereocenters. The third kappa shape index (κ3) is 4.13. The molecule has 4 heteroatoms. The van der Waals surface area contributed by atoms with Crippen LogP contribution in [0, 0.1) is 0 Å². The lowest BCUT2D eigenvalue weighted by atomic mass is 9.86. The summed E-state index contributed by atoms with van der Waals surface area (Å²) in [7, 11) is 0. The van der Waals surface area contributed by atoms with Gasteiger partial charge in [-0.2, -0.15) is 0 Å². The second-order valence-corrected chi connectivity index (χ2v) is 6.84. The monoisotopic (exact) mass is 291 g/mol. The lowest BCUT2D eigenvalue weighted by molar-refractivity contribution is 0.0103. The molecule has 116 valence electrons. The first-order valence-electron chi connectivity index (χ1n) is 7.55. The van der Waals surface area contributed by atoms with Crippen molar-refractivity contribution >= 4 is 6.09 Å². The summed E-state index contributed by atoms with van der Waals surface area (Å²) in [5, 5.41) is 9.36. The van der Waals surface area contributed by atoms with Gasteiger partial charge in [0.05, 0.1) is 0 Å². The van der Waals surface area contributed by atoms with Crippen molar-refractivity contribution in [1.82, 2.24) is 4.90 Å². The van der Waals surface area contributed by atoms with Crippen LogP contribution < -0.4 is 0 Å². The summed E-state index contributed by atoms with van der Waals surface area (Å²) in [6, 6.07) is 7.54. The fourth-order valence-electron chi connectivity index (χ4n) is 2.81. The van der Waals surface area contributed by atoms with Crippen LogP contribution in [0.3, 0.4) is 0 Å². The van der Waals surface area contributed by atoms with Crippen molar-refractivity contribution in [2.75, 3.05) is 6.54 Å². The molecule has 0 saturated carbocycles. The molecule has 0 bridgehead atoms. The van der Waals surface area contributed by atoms with Crippen molar-refractivity contribution in [3.05, 3.63) is 29.8 Å². The Hall–Kier alpha value is -1.71. The van der Waals surface area contributed by atoms with E-state index in [0.717, 1.165) is 12.8 Å². The number of phenolic OH excluding ortho intramolecular Hbond substituents is 1. The third-order valence-electron chi connectivity index (χ3n) is 3.87. The first-order valence-corrected chi connectivity index (χ1v) is 7.55. The number of likely N-dealkylation sites (tertiary alicyclic amines) is 1. The molecule has 2 unspecified atom stereocenters. The second kappa shape index (κ2) is 5.96. The molecule has 1 heterocycles. The summed E-state index contributed by atoms with van der Waals surface area (Å²) >= 11 is 0. The number of ether oxygens (including phenoxy) is 1. The van der Waals surface area contributed by atoms with Gasteiger partial charge in [-0.15, -0.1) is 0 Å². The van der Waals surface area contributed by atoms with E-state index in [-0.39, 0.29) is 17.9 Å². The maximum atomic E-state index is 12.2. The highest BCUT2D eigenvalue weighted by Gasteiger charge is 2.32. The van der Waals surface area contributed by atoms with Crippen LogP contribution >= 0.6 is 0 Å². The van der Waals surface area contributed by atoms with Gasteiger partial charge in [0, 0.05) is 12.6 Å². The number of phenols is 1. The molecule has 1 aromatic rings. The largest absolute Gasteiger partial charge is 0.508 e. The van der Waals surface area contributed by atoms with Crippen molar-refractivity contribution in [1.29, 1.82) is 0 Å². The summed E-state index contributed by atoms with van der Waals surface area (Å²) in [6.07, 6.45) is 1.62. The molecule has 1 saturated heterocycles. The zero-order valence-electron chi connectivity index (χ0n) is 13.3. The van der Waals surface area contributed by atoms with Crippen molar-refractivity contribution in [3.8, 4) is 5.75 Å². The van der Waals surface area contributed by atoms with Crippen molar-refractivity contribution in [2.45, 2.75) is 58.1 Å². The topological polar surface area (TPSA) is 49.8 Å². The molecule has 1 aromatic carbocycles. The highest BCUT2D eigenvalue weighted by atomic mass is 16.6. The number of hydrogen-bond donors (Lipinski definition) is 1. The van der Waals surface area contributed by atoms with Gasteiger partial charge in [0.2, 0.25) is 0 Å². The van der Waals surface area contributed by atoms with Gasteiger partial charge in [0.25, 0.3) is 0 Å². The van der Waals surface area contributed by atoms with Crippen LogP contribution in [0.1, 0.15) is 52.0 Å². The zero-order valence-corrected chi connectivity index (χ0v) is 13.3. The van der Waals surface area contributed by atoms with Gasteiger partial charge in [0.1, 0.15) is 11.4 Å². The molecule has 1 aliphatic rings. The predicted molar refractivity (Wildman–Crippen MR) is 82.5 cm³/mol. The zero-order chi connectivity index (χ0) is 15.6. The molecule has 4 nitrogen and oxygen atoms in total. The van der Waals surface area contributed by atoms with E-state index in [2.05, 4.69) is 6.92 Å². The maximum Gasteiger partial charge on any atom is 0.410 e. The second-order valence-electron chi connectivity index (χ2n) is 6.84. The van der Waals surface area contributed by atoms with Crippen molar-refractivity contribution in [2.24, 2.45) is 0 Å². The molecule has 21 heavy (non-hydrogen) atoms. The van der Waals surface area contributed by atoms with Crippen molar-refractivity contribution < 1.29 is 14.6 Å². The van der Waals surface area contributed by atoms with Gasteiger partial charge in [-0.3, -0.25) is 0 Å². The number of carbonyl (C=O) groups excluding carboxylic acids is 1. The molecule has 1 N–H and O–H groups in total. The SMILES string of the molecule is CC1CC(c2ccc(O)cc2)CCN1C(=O)OC(C)(C)C. The van der Waals surface area contributed by atoms with Crippen LogP contribution in [-0.2, 0) is 4.74 Å². The Kier molecular flexibility index (Phi) is 4.45. The Morgan fingerprint density at radius 1 is 1.29 bits per heavy atom. The number of hydrogen-bond acceptors (Lipinski definition) is 3. The van der Waals surface area contributed by atoms with Gasteiger partial charge in [-0.05, 0) is 64.2 Å². The maximum absolute atomic E-state index is 12.2. The van der Waals surface area contributed by atoms with Gasteiger partial charge in [-0.1, -0.05) is 12.1 Å². The summed E-state index contributed by atoms with van der Waals surface area (Å²) in [6.45, 7) is 8.44. The van der Waals surface area contributed by atoms with Crippen LogP contribution in [-0.4, -0.2) is 34.3 Å². The van der Waals surface area contributed by atoms with Crippen LogP contribution in [0.2, 0.25) is 0 Å². The van der Waals surface area contributed by atoms with Crippen LogP contribution in [0.25, 0.3) is 0 Å². The summed E-state index contributed by atoms with van der Waals surface area (Å²) in [5.41, 5.74) is 0.772. The van der Waals surface area contributed by atoms with Crippen LogP contribution in [0.4, 0.5) is 4.79 Å². The Bertz CT molecular complexity index is 490. The molecule has 0 aliphatic carbocycles. The van der Waals surface area contributed by atoms with Gasteiger partial charge < -0.3 is 14.7 Å². The minimum Gasteiger partial charge on any atom is -0.508 e. The van der Waals surface area contributed by atoms with Crippen molar-refractivity contribution in [3.63, 3.8) is 0 Å². The molecular weight excluding hydrogens is 266 g/mol. The molecule has 0 spiro atoms. The third-order valence-corrected chi connectivity index (χ3v) is 3.87. The van der Waals surface area contributed by atoms with Gasteiger partial charge in [0.15, 0.2) is 0 Å².